The predicted octanol–water partition coefficient (Wildman–Crippen LogP) is 0.0866. The molecule has 1 aliphatic heterocycles. The predicted molar refractivity (Wildman–Crippen MR) is 72.4 cm³/mol. The number of carbonyl (C=O) groups excluding carboxylic acids is 2. The lowest BCUT2D eigenvalue weighted by Gasteiger charge is -2.13. The van der Waals surface area contributed by atoms with Gasteiger partial charge in [0.25, 0.3) is 0 Å². The van der Waals surface area contributed by atoms with E-state index in [0.717, 1.165) is 17.9 Å². The van der Waals surface area contributed by atoms with Gasteiger partial charge in [-0.25, -0.2) is 0 Å². The fourth-order valence-electron chi connectivity index (χ4n) is 1.91. The second kappa shape index (κ2) is 8.37. The van der Waals surface area contributed by atoms with Crippen LogP contribution in [0.15, 0.2) is 0 Å². The Morgan fingerprint density at radius 3 is 2.94 bits per heavy atom. The minimum absolute atomic E-state index is 0.0120. The Hall–Kier alpha value is -0.750. The first-order chi connectivity index (χ1) is 8.69. The van der Waals surface area contributed by atoms with E-state index < -0.39 is 0 Å². The van der Waals surface area contributed by atoms with E-state index in [2.05, 4.69) is 5.32 Å². The maximum Gasteiger partial charge on any atom is 0.225 e. The molecule has 1 aliphatic rings. The molecular formula is C12H22N2O3S. The molecule has 0 aromatic rings. The molecule has 1 rings (SSSR count). The minimum atomic E-state index is -0.181. The van der Waals surface area contributed by atoms with E-state index in [9.17, 15) is 9.59 Å². The topological polar surface area (TPSA) is 69.6 Å². The summed E-state index contributed by atoms with van der Waals surface area (Å²) in [5.41, 5.74) is 0. The minimum Gasteiger partial charge on any atom is -0.396 e. The summed E-state index contributed by atoms with van der Waals surface area (Å²) in [7, 11) is 0. The molecule has 1 unspecified atom stereocenters. The average molecular weight is 274 g/mol. The number of likely N-dealkylation sites (tertiary alicyclic amines) is 1. The quantitative estimate of drug-likeness (QED) is 0.615. The largest absolute Gasteiger partial charge is 0.396 e. The van der Waals surface area contributed by atoms with Gasteiger partial charge < -0.3 is 15.3 Å². The first kappa shape index (κ1) is 15.3. The summed E-state index contributed by atoms with van der Waals surface area (Å²) >= 11 is 1.72. The molecule has 0 aromatic heterocycles. The summed E-state index contributed by atoms with van der Waals surface area (Å²) in [6.07, 6.45) is 1.14. The number of hydrogen-bond acceptors (Lipinski definition) is 4. The van der Waals surface area contributed by atoms with Crippen LogP contribution in [0.25, 0.3) is 0 Å². The van der Waals surface area contributed by atoms with Crippen molar-refractivity contribution in [2.75, 3.05) is 37.7 Å². The SMILES string of the molecule is CCN1CC(C(=O)NCCSCCCO)CC1=O. The van der Waals surface area contributed by atoms with Crippen molar-refractivity contribution in [3.63, 3.8) is 0 Å². The zero-order valence-corrected chi connectivity index (χ0v) is 11.7. The Kier molecular flexibility index (Phi) is 7.12. The van der Waals surface area contributed by atoms with Crippen LogP contribution in [-0.4, -0.2) is 59.6 Å². The molecule has 2 N–H and O–H groups in total. The Morgan fingerprint density at radius 1 is 1.56 bits per heavy atom. The van der Waals surface area contributed by atoms with E-state index >= 15 is 0 Å². The number of rotatable bonds is 8. The Labute approximate surface area is 112 Å². The van der Waals surface area contributed by atoms with Crippen LogP contribution >= 0.6 is 11.8 Å². The fourth-order valence-corrected chi connectivity index (χ4v) is 2.70. The summed E-state index contributed by atoms with van der Waals surface area (Å²) in [5, 5.41) is 11.5. The van der Waals surface area contributed by atoms with Crippen molar-refractivity contribution in [1.29, 1.82) is 0 Å². The lowest BCUT2D eigenvalue weighted by atomic mass is 10.1. The van der Waals surface area contributed by atoms with Gasteiger partial charge in [0.15, 0.2) is 0 Å². The third-order valence-electron chi connectivity index (χ3n) is 2.96. The van der Waals surface area contributed by atoms with Crippen molar-refractivity contribution < 1.29 is 14.7 Å². The zero-order chi connectivity index (χ0) is 13.4. The standard InChI is InChI=1S/C12H22N2O3S/c1-2-14-9-10(8-11(14)16)12(17)13-4-7-18-6-3-5-15/h10,15H,2-9H2,1H3,(H,13,17). The summed E-state index contributed by atoms with van der Waals surface area (Å²) in [6, 6.07) is 0. The van der Waals surface area contributed by atoms with Gasteiger partial charge in [-0.1, -0.05) is 0 Å². The van der Waals surface area contributed by atoms with Gasteiger partial charge in [-0.3, -0.25) is 9.59 Å². The van der Waals surface area contributed by atoms with Crippen molar-refractivity contribution in [3.05, 3.63) is 0 Å². The first-order valence-electron chi connectivity index (χ1n) is 6.43. The van der Waals surface area contributed by atoms with Gasteiger partial charge in [-0.15, -0.1) is 0 Å². The van der Waals surface area contributed by atoms with Gasteiger partial charge >= 0.3 is 0 Å². The highest BCUT2D eigenvalue weighted by atomic mass is 32.2. The van der Waals surface area contributed by atoms with Crippen molar-refractivity contribution >= 4 is 23.6 Å². The van der Waals surface area contributed by atoms with Crippen molar-refractivity contribution in [2.24, 2.45) is 5.92 Å². The summed E-state index contributed by atoms with van der Waals surface area (Å²) < 4.78 is 0. The van der Waals surface area contributed by atoms with Gasteiger partial charge in [0, 0.05) is 38.4 Å². The molecule has 2 amide bonds. The van der Waals surface area contributed by atoms with Crippen LogP contribution in [0.3, 0.4) is 0 Å². The van der Waals surface area contributed by atoms with E-state index in [1.807, 2.05) is 6.92 Å². The molecule has 0 spiro atoms. The lowest BCUT2D eigenvalue weighted by Crippen LogP contribution is -2.34. The number of aliphatic hydroxyl groups is 1. The van der Waals surface area contributed by atoms with Gasteiger partial charge in [0.05, 0.1) is 5.92 Å². The van der Waals surface area contributed by atoms with E-state index in [-0.39, 0.29) is 24.3 Å². The highest BCUT2D eigenvalue weighted by Crippen LogP contribution is 2.17. The molecule has 1 atom stereocenters. The highest BCUT2D eigenvalue weighted by Gasteiger charge is 2.32. The van der Waals surface area contributed by atoms with Gasteiger partial charge in [0.2, 0.25) is 11.8 Å². The third-order valence-corrected chi connectivity index (χ3v) is 4.03. The van der Waals surface area contributed by atoms with Crippen LogP contribution in [-0.2, 0) is 9.59 Å². The van der Waals surface area contributed by atoms with Crippen LogP contribution in [0.2, 0.25) is 0 Å². The van der Waals surface area contributed by atoms with Gasteiger partial charge in [0.1, 0.15) is 0 Å². The monoisotopic (exact) mass is 274 g/mol. The number of nitrogens with zero attached hydrogens (tertiary/aromatic N) is 1. The number of aliphatic hydroxyl groups excluding tert-OH is 1. The van der Waals surface area contributed by atoms with E-state index in [4.69, 9.17) is 5.11 Å². The van der Waals surface area contributed by atoms with Crippen LogP contribution in [0, 0.1) is 5.92 Å². The molecule has 5 nitrogen and oxygen atoms in total. The summed E-state index contributed by atoms with van der Waals surface area (Å²) in [4.78, 5) is 25.0. The van der Waals surface area contributed by atoms with Crippen LogP contribution in [0.5, 0.6) is 0 Å². The maximum absolute atomic E-state index is 11.8. The number of nitrogens with one attached hydrogen (secondary N) is 1. The van der Waals surface area contributed by atoms with Crippen molar-refractivity contribution in [3.8, 4) is 0 Å². The van der Waals surface area contributed by atoms with E-state index in [1.54, 1.807) is 16.7 Å². The van der Waals surface area contributed by atoms with Gasteiger partial charge in [-0.05, 0) is 19.1 Å². The number of thioether (sulfide) groups is 1. The van der Waals surface area contributed by atoms with Crippen LogP contribution in [0.4, 0.5) is 0 Å². The molecule has 0 radical (unpaired) electrons. The molecular weight excluding hydrogens is 252 g/mol. The van der Waals surface area contributed by atoms with Crippen LogP contribution < -0.4 is 5.32 Å². The summed E-state index contributed by atoms with van der Waals surface area (Å²) in [6.45, 7) is 4.01. The first-order valence-corrected chi connectivity index (χ1v) is 7.58. The lowest BCUT2D eigenvalue weighted by molar-refractivity contribution is -0.128. The maximum atomic E-state index is 11.8. The number of amides is 2. The molecule has 104 valence electrons. The average Bonchev–Trinajstić information content (AvgIpc) is 2.74. The molecule has 1 fully saturated rings. The summed E-state index contributed by atoms with van der Waals surface area (Å²) in [5.74, 6) is 1.65. The zero-order valence-electron chi connectivity index (χ0n) is 10.9. The molecule has 0 aliphatic carbocycles. The Bertz CT molecular complexity index is 286. The highest BCUT2D eigenvalue weighted by molar-refractivity contribution is 7.99. The second-order valence-corrected chi connectivity index (χ2v) is 5.54. The smallest absolute Gasteiger partial charge is 0.225 e. The van der Waals surface area contributed by atoms with Crippen LogP contribution in [0.1, 0.15) is 19.8 Å². The molecule has 1 saturated heterocycles. The number of hydrogen-bond donors (Lipinski definition) is 2. The van der Waals surface area contributed by atoms with Crippen molar-refractivity contribution in [1.82, 2.24) is 10.2 Å². The van der Waals surface area contributed by atoms with Crippen molar-refractivity contribution in [2.45, 2.75) is 19.8 Å². The molecule has 0 saturated carbocycles. The molecule has 0 aromatic carbocycles. The Balaban J connectivity index is 2.12. The van der Waals surface area contributed by atoms with E-state index in [0.29, 0.717) is 26.1 Å². The molecule has 18 heavy (non-hydrogen) atoms. The second-order valence-electron chi connectivity index (χ2n) is 4.31. The molecule has 1 heterocycles. The molecule has 0 bridgehead atoms. The van der Waals surface area contributed by atoms with E-state index in [1.165, 1.54) is 0 Å². The fraction of sp³-hybridized carbons (Fsp3) is 0.833. The third kappa shape index (κ3) is 4.86. The molecule has 6 heteroatoms. The van der Waals surface area contributed by atoms with Gasteiger partial charge in [-0.2, -0.15) is 11.8 Å². The number of carbonyl (C=O) groups is 2. The Morgan fingerprint density at radius 2 is 2.33 bits per heavy atom. The normalized spacial score (nSPS) is 19.3.